The molecule has 0 saturated carbocycles. The van der Waals surface area contributed by atoms with E-state index in [9.17, 15) is 0 Å². The number of aryl methyl sites for hydroxylation is 3. The second kappa shape index (κ2) is 11.6. The average molecular weight is 452 g/mol. The van der Waals surface area contributed by atoms with Gasteiger partial charge in [0.2, 0.25) is 5.88 Å². The predicted molar refractivity (Wildman–Crippen MR) is 134 cm³/mol. The SMILES string of the molecule is CCOc1cc(C(C)CCc2cc(C(C)CCc3nc(C)c(C(C)C)s3)ccn2)ccn1. The van der Waals surface area contributed by atoms with Crippen LogP contribution in [0.1, 0.15) is 97.6 Å². The number of nitrogens with zero attached hydrogens (tertiary/aromatic N) is 3. The molecular weight excluding hydrogens is 414 g/mol. The molecule has 172 valence electrons. The van der Waals surface area contributed by atoms with Crippen LogP contribution in [-0.2, 0) is 12.8 Å². The van der Waals surface area contributed by atoms with Crippen molar-refractivity contribution >= 4 is 11.3 Å². The van der Waals surface area contributed by atoms with Crippen molar-refractivity contribution in [2.75, 3.05) is 6.61 Å². The molecule has 0 radical (unpaired) electrons. The van der Waals surface area contributed by atoms with Gasteiger partial charge in [-0.15, -0.1) is 11.3 Å². The van der Waals surface area contributed by atoms with Crippen LogP contribution in [0.15, 0.2) is 36.7 Å². The highest BCUT2D eigenvalue weighted by Crippen LogP contribution is 2.29. The van der Waals surface area contributed by atoms with Gasteiger partial charge in [0.15, 0.2) is 0 Å². The van der Waals surface area contributed by atoms with Crippen molar-refractivity contribution in [3.05, 3.63) is 69.1 Å². The molecule has 2 unspecified atom stereocenters. The molecule has 0 amide bonds. The smallest absolute Gasteiger partial charge is 0.213 e. The van der Waals surface area contributed by atoms with Gasteiger partial charge in [0, 0.05) is 29.0 Å². The molecule has 0 aromatic carbocycles. The normalized spacial score (nSPS) is 13.3. The van der Waals surface area contributed by atoms with Gasteiger partial charge in [0.05, 0.1) is 17.3 Å². The lowest BCUT2D eigenvalue weighted by Gasteiger charge is -2.14. The highest BCUT2D eigenvalue weighted by atomic mass is 32.1. The quantitative estimate of drug-likeness (QED) is 0.308. The average Bonchev–Trinajstić information content (AvgIpc) is 3.17. The highest BCUT2D eigenvalue weighted by molar-refractivity contribution is 7.11. The summed E-state index contributed by atoms with van der Waals surface area (Å²) in [4.78, 5) is 15.1. The van der Waals surface area contributed by atoms with E-state index in [2.05, 4.69) is 68.9 Å². The zero-order chi connectivity index (χ0) is 23.1. The van der Waals surface area contributed by atoms with E-state index in [1.165, 1.54) is 32.4 Å². The van der Waals surface area contributed by atoms with Crippen molar-refractivity contribution in [2.24, 2.45) is 0 Å². The van der Waals surface area contributed by atoms with Crippen LogP contribution < -0.4 is 4.74 Å². The third kappa shape index (κ3) is 6.61. The number of hydrogen-bond acceptors (Lipinski definition) is 5. The Labute approximate surface area is 197 Å². The molecule has 0 aliphatic rings. The van der Waals surface area contributed by atoms with Gasteiger partial charge in [-0.2, -0.15) is 0 Å². The van der Waals surface area contributed by atoms with E-state index in [-0.39, 0.29) is 0 Å². The zero-order valence-electron chi connectivity index (χ0n) is 20.4. The summed E-state index contributed by atoms with van der Waals surface area (Å²) in [6.45, 7) is 13.8. The molecule has 0 aliphatic carbocycles. The van der Waals surface area contributed by atoms with Crippen LogP contribution in [-0.4, -0.2) is 21.6 Å². The van der Waals surface area contributed by atoms with Crippen molar-refractivity contribution in [3.8, 4) is 5.88 Å². The van der Waals surface area contributed by atoms with Gasteiger partial charge in [-0.25, -0.2) is 9.97 Å². The summed E-state index contributed by atoms with van der Waals surface area (Å²) in [7, 11) is 0. The Bertz CT molecular complexity index is 998. The summed E-state index contributed by atoms with van der Waals surface area (Å²) >= 11 is 1.88. The highest BCUT2D eigenvalue weighted by Gasteiger charge is 2.14. The topological polar surface area (TPSA) is 47.9 Å². The van der Waals surface area contributed by atoms with Gasteiger partial charge in [-0.05, 0) is 86.6 Å². The van der Waals surface area contributed by atoms with Crippen molar-refractivity contribution < 1.29 is 4.74 Å². The van der Waals surface area contributed by atoms with Gasteiger partial charge in [-0.3, -0.25) is 4.98 Å². The first-order valence-electron chi connectivity index (χ1n) is 11.9. The van der Waals surface area contributed by atoms with E-state index in [1.54, 1.807) is 0 Å². The van der Waals surface area contributed by atoms with Crippen LogP contribution in [0.4, 0.5) is 0 Å². The second-order valence-corrected chi connectivity index (χ2v) is 10.1. The summed E-state index contributed by atoms with van der Waals surface area (Å²) in [5.41, 5.74) is 5.03. The molecule has 0 N–H and O–H groups in total. The number of pyridine rings is 2. The van der Waals surface area contributed by atoms with Crippen molar-refractivity contribution in [3.63, 3.8) is 0 Å². The molecule has 3 heterocycles. The first-order chi connectivity index (χ1) is 15.4. The van der Waals surface area contributed by atoms with Crippen molar-refractivity contribution in [2.45, 2.75) is 85.0 Å². The van der Waals surface area contributed by atoms with Gasteiger partial charge in [0.25, 0.3) is 0 Å². The van der Waals surface area contributed by atoms with E-state index < -0.39 is 0 Å². The molecule has 0 aliphatic heterocycles. The summed E-state index contributed by atoms with van der Waals surface area (Å²) in [6.07, 6.45) is 7.98. The Hall–Kier alpha value is -2.27. The number of aromatic nitrogens is 3. The summed E-state index contributed by atoms with van der Waals surface area (Å²) in [5, 5.41) is 1.27. The van der Waals surface area contributed by atoms with Gasteiger partial charge < -0.3 is 4.74 Å². The second-order valence-electron chi connectivity index (χ2n) is 9.03. The fourth-order valence-corrected chi connectivity index (χ4v) is 5.13. The van der Waals surface area contributed by atoms with Crippen LogP contribution in [0.2, 0.25) is 0 Å². The van der Waals surface area contributed by atoms with E-state index in [0.29, 0.717) is 30.2 Å². The summed E-state index contributed by atoms with van der Waals surface area (Å²) in [5.74, 6) is 2.20. The number of hydrogen-bond donors (Lipinski definition) is 0. The van der Waals surface area contributed by atoms with Gasteiger partial charge in [-0.1, -0.05) is 27.7 Å². The van der Waals surface area contributed by atoms with Crippen LogP contribution in [0, 0.1) is 6.92 Å². The first-order valence-corrected chi connectivity index (χ1v) is 12.7. The fraction of sp³-hybridized carbons (Fsp3) is 0.519. The minimum absolute atomic E-state index is 0.434. The lowest BCUT2D eigenvalue weighted by Crippen LogP contribution is -2.02. The van der Waals surface area contributed by atoms with Gasteiger partial charge in [0.1, 0.15) is 0 Å². The number of thiazole rings is 1. The standard InChI is InChI=1S/C27H37N3OS/c1-7-31-25-17-23(13-15-29-25)19(4)8-10-24-16-22(12-14-28-24)20(5)9-11-26-30-21(6)27(32-26)18(2)3/h12-20H,7-11H2,1-6H3. The first kappa shape index (κ1) is 24.4. The third-order valence-electron chi connectivity index (χ3n) is 6.06. The molecule has 3 aromatic rings. The van der Waals surface area contributed by atoms with E-state index in [0.717, 1.165) is 25.7 Å². The molecule has 0 spiro atoms. The van der Waals surface area contributed by atoms with Crippen molar-refractivity contribution in [1.82, 2.24) is 15.0 Å². The Morgan fingerprint density at radius 1 is 0.906 bits per heavy atom. The predicted octanol–water partition coefficient (Wildman–Crippen LogP) is 7.24. The lowest BCUT2D eigenvalue weighted by atomic mass is 9.93. The number of rotatable bonds is 11. The van der Waals surface area contributed by atoms with Gasteiger partial charge >= 0.3 is 0 Å². The van der Waals surface area contributed by atoms with Crippen LogP contribution in [0.5, 0.6) is 5.88 Å². The maximum Gasteiger partial charge on any atom is 0.213 e. The molecule has 2 atom stereocenters. The van der Waals surface area contributed by atoms with Crippen LogP contribution >= 0.6 is 11.3 Å². The zero-order valence-corrected chi connectivity index (χ0v) is 21.2. The molecule has 0 saturated heterocycles. The fourth-order valence-electron chi connectivity index (χ4n) is 4.04. The molecule has 3 aromatic heterocycles. The minimum atomic E-state index is 0.434. The molecule has 5 heteroatoms. The monoisotopic (exact) mass is 451 g/mol. The molecule has 0 bridgehead atoms. The third-order valence-corrected chi connectivity index (χ3v) is 7.57. The lowest BCUT2D eigenvalue weighted by molar-refractivity contribution is 0.326. The van der Waals surface area contributed by atoms with E-state index >= 15 is 0 Å². The Morgan fingerprint density at radius 2 is 1.56 bits per heavy atom. The van der Waals surface area contributed by atoms with Crippen molar-refractivity contribution in [1.29, 1.82) is 0 Å². The largest absolute Gasteiger partial charge is 0.478 e. The molecular formula is C27H37N3OS. The van der Waals surface area contributed by atoms with Crippen LogP contribution in [0.3, 0.4) is 0 Å². The minimum Gasteiger partial charge on any atom is -0.478 e. The van der Waals surface area contributed by atoms with E-state index in [4.69, 9.17) is 9.72 Å². The van der Waals surface area contributed by atoms with Crippen LogP contribution in [0.25, 0.3) is 0 Å². The summed E-state index contributed by atoms with van der Waals surface area (Å²) in [6, 6.07) is 8.61. The maximum atomic E-state index is 5.55. The Morgan fingerprint density at radius 3 is 2.22 bits per heavy atom. The number of ether oxygens (including phenoxy) is 1. The molecule has 3 rings (SSSR count). The molecule has 32 heavy (non-hydrogen) atoms. The summed E-state index contributed by atoms with van der Waals surface area (Å²) < 4.78 is 5.55. The molecule has 4 nitrogen and oxygen atoms in total. The maximum absolute atomic E-state index is 5.55. The van der Waals surface area contributed by atoms with E-state index in [1.807, 2.05) is 30.7 Å². The Balaban J connectivity index is 1.56. The molecule has 0 fully saturated rings. The Kier molecular flexibility index (Phi) is 8.80.